The Hall–Kier alpha value is -3.08. The summed E-state index contributed by atoms with van der Waals surface area (Å²) in [5, 5.41) is 4.27. The average molecular weight is 388 g/mol. The molecule has 5 nitrogen and oxygen atoms in total. The summed E-state index contributed by atoms with van der Waals surface area (Å²) in [7, 11) is 0. The fourth-order valence-corrected chi connectivity index (χ4v) is 5.07. The Bertz CT molecular complexity index is 1200. The van der Waals surface area contributed by atoms with Gasteiger partial charge in [0.2, 0.25) is 0 Å². The summed E-state index contributed by atoms with van der Waals surface area (Å²) in [5.41, 5.74) is 10.5. The van der Waals surface area contributed by atoms with Crippen LogP contribution in [0.5, 0.6) is 0 Å². The number of benzene rings is 2. The Morgan fingerprint density at radius 3 is 2.76 bits per heavy atom. The Labute approximate surface area is 169 Å². The maximum absolute atomic E-state index is 12.8. The number of aromatic nitrogens is 1. The van der Waals surface area contributed by atoms with Crippen molar-refractivity contribution in [1.29, 1.82) is 0 Å². The van der Waals surface area contributed by atoms with E-state index in [0.29, 0.717) is 13.2 Å². The van der Waals surface area contributed by atoms with Crippen LogP contribution in [0, 0.1) is 13.8 Å². The Morgan fingerprint density at radius 1 is 1.17 bits per heavy atom. The maximum atomic E-state index is 12.8. The van der Waals surface area contributed by atoms with Gasteiger partial charge in [0.05, 0.1) is 17.7 Å². The molecule has 148 valence electrons. The number of hydrogen-bond donors (Lipinski definition) is 1. The lowest BCUT2D eigenvalue weighted by molar-refractivity contribution is -0.141. The third-order valence-corrected chi connectivity index (χ3v) is 6.41. The van der Waals surface area contributed by atoms with Crippen molar-refractivity contribution in [2.24, 2.45) is 0 Å². The van der Waals surface area contributed by atoms with E-state index in [1.165, 1.54) is 45.8 Å². The summed E-state index contributed by atoms with van der Waals surface area (Å²) < 4.78 is 7.51. The molecule has 0 spiro atoms. The second kappa shape index (κ2) is 6.48. The molecule has 1 N–H and O–H groups in total. The molecule has 2 aliphatic rings. The van der Waals surface area contributed by atoms with Gasteiger partial charge in [-0.15, -0.1) is 0 Å². The first-order valence-electron chi connectivity index (χ1n) is 10.2. The van der Waals surface area contributed by atoms with Crippen LogP contribution < -0.4 is 5.32 Å². The number of carbonyl (C=O) groups is 2. The normalized spacial score (nSPS) is 14.0. The van der Waals surface area contributed by atoms with Crippen LogP contribution in [-0.4, -0.2) is 23.1 Å². The Balaban J connectivity index is 1.74. The third kappa shape index (κ3) is 2.53. The molecule has 2 aromatic carbocycles. The zero-order valence-corrected chi connectivity index (χ0v) is 17.0. The van der Waals surface area contributed by atoms with Crippen molar-refractivity contribution in [3.63, 3.8) is 0 Å². The molecule has 1 aromatic heterocycles. The lowest BCUT2D eigenvalue weighted by atomic mass is 9.92. The molecule has 0 unspecified atom stereocenters. The van der Waals surface area contributed by atoms with Crippen LogP contribution in [0.25, 0.3) is 22.0 Å². The zero-order chi connectivity index (χ0) is 20.3. The number of fused-ring (bicyclic) bond motifs is 8. The molecular formula is C24H24N2O3. The molecule has 0 fully saturated rings. The quantitative estimate of drug-likeness (QED) is 0.424. The number of aryl methyl sites for hydroxylation is 2. The first kappa shape index (κ1) is 18.0. The lowest BCUT2D eigenvalue weighted by Crippen LogP contribution is -2.13. The van der Waals surface area contributed by atoms with Crippen LogP contribution in [0.4, 0.5) is 0 Å². The van der Waals surface area contributed by atoms with Gasteiger partial charge in [0.15, 0.2) is 0 Å². The van der Waals surface area contributed by atoms with Gasteiger partial charge in [0, 0.05) is 43.1 Å². The molecule has 0 bridgehead atoms. The van der Waals surface area contributed by atoms with E-state index in [1.807, 2.05) is 6.07 Å². The van der Waals surface area contributed by atoms with Crippen molar-refractivity contribution >= 4 is 22.8 Å². The van der Waals surface area contributed by atoms with Gasteiger partial charge in [-0.05, 0) is 48.1 Å². The van der Waals surface area contributed by atoms with E-state index < -0.39 is 0 Å². The van der Waals surface area contributed by atoms with Gasteiger partial charge in [0.25, 0.3) is 5.91 Å². The third-order valence-electron chi connectivity index (χ3n) is 6.41. The molecule has 0 saturated carbocycles. The smallest absolute Gasteiger partial charge is 0.302 e. The summed E-state index contributed by atoms with van der Waals surface area (Å²) in [6.07, 6.45) is 1.61. The predicted molar refractivity (Wildman–Crippen MR) is 112 cm³/mol. The molecule has 5 heteroatoms. The molecule has 1 aliphatic carbocycles. The second-order valence-electron chi connectivity index (χ2n) is 8.00. The van der Waals surface area contributed by atoms with E-state index in [9.17, 15) is 9.59 Å². The van der Waals surface area contributed by atoms with E-state index in [1.54, 1.807) is 0 Å². The molecular weight excluding hydrogens is 364 g/mol. The number of ether oxygens (including phenoxy) is 1. The first-order chi connectivity index (χ1) is 14.0. The molecule has 29 heavy (non-hydrogen) atoms. The minimum Gasteiger partial charge on any atom is -0.466 e. The molecule has 0 saturated heterocycles. The highest BCUT2D eigenvalue weighted by Crippen LogP contribution is 2.47. The molecule has 0 radical (unpaired) electrons. The monoisotopic (exact) mass is 388 g/mol. The van der Waals surface area contributed by atoms with Gasteiger partial charge in [-0.3, -0.25) is 9.59 Å². The number of esters is 1. The topological polar surface area (TPSA) is 60.3 Å². The fraction of sp³-hybridized carbons (Fsp3) is 0.333. The molecule has 2 heterocycles. The average Bonchev–Trinajstić information content (AvgIpc) is 3.33. The second-order valence-corrected chi connectivity index (χ2v) is 8.00. The standard InChI is InChI=1S/C24H24N2O3/c1-13-14(2)26(9-6-10-29-15(3)27)23-18-11-16-7-4-5-8-17(16)21(18)22-19(20(13)23)12-25-24(22)28/h4-5,7-8H,6,9-12H2,1-3H3,(H,25,28). The highest BCUT2D eigenvalue weighted by molar-refractivity contribution is 6.13. The van der Waals surface area contributed by atoms with Gasteiger partial charge < -0.3 is 14.6 Å². The number of rotatable bonds is 4. The van der Waals surface area contributed by atoms with Crippen molar-refractivity contribution < 1.29 is 14.3 Å². The molecule has 1 aliphatic heterocycles. The fourth-order valence-electron chi connectivity index (χ4n) is 5.07. The molecule has 0 atom stereocenters. The van der Waals surface area contributed by atoms with Gasteiger partial charge in [-0.1, -0.05) is 24.3 Å². The Morgan fingerprint density at radius 2 is 1.97 bits per heavy atom. The number of hydrogen-bond acceptors (Lipinski definition) is 3. The van der Waals surface area contributed by atoms with Crippen LogP contribution in [0.1, 0.15) is 51.7 Å². The molecule has 3 aromatic rings. The van der Waals surface area contributed by atoms with Crippen LogP contribution in [0.3, 0.4) is 0 Å². The highest BCUT2D eigenvalue weighted by Gasteiger charge is 2.35. The summed E-state index contributed by atoms with van der Waals surface area (Å²) in [5.74, 6) is -0.205. The van der Waals surface area contributed by atoms with Crippen molar-refractivity contribution in [3.05, 3.63) is 57.8 Å². The minimum atomic E-state index is -0.242. The number of carbonyl (C=O) groups excluding carboxylic acids is 2. The number of nitrogens with zero attached hydrogens (tertiary/aromatic N) is 1. The maximum Gasteiger partial charge on any atom is 0.302 e. The number of nitrogens with one attached hydrogen (secondary N) is 1. The summed E-state index contributed by atoms with van der Waals surface area (Å²) in [4.78, 5) is 23.9. The summed E-state index contributed by atoms with van der Waals surface area (Å²) in [6, 6.07) is 8.41. The zero-order valence-electron chi connectivity index (χ0n) is 17.0. The summed E-state index contributed by atoms with van der Waals surface area (Å²) in [6.45, 7) is 7.52. The summed E-state index contributed by atoms with van der Waals surface area (Å²) >= 11 is 0. The molecule has 5 rings (SSSR count). The first-order valence-corrected chi connectivity index (χ1v) is 10.2. The Kier molecular flexibility index (Phi) is 4.02. The van der Waals surface area contributed by atoms with Gasteiger partial charge in [-0.25, -0.2) is 0 Å². The largest absolute Gasteiger partial charge is 0.466 e. The van der Waals surface area contributed by atoms with Crippen molar-refractivity contribution in [1.82, 2.24) is 9.88 Å². The van der Waals surface area contributed by atoms with E-state index in [2.05, 4.69) is 41.9 Å². The van der Waals surface area contributed by atoms with E-state index in [4.69, 9.17) is 4.74 Å². The van der Waals surface area contributed by atoms with Crippen molar-refractivity contribution in [2.45, 2.75) is 46.7 Å². The van der Waals surface area contributed by atoms with Crippen LogP contribution in [0.2, 0.25) is 0 Å². The SMILES string of the molecule is CC(=O)OCCCn1c(C)c(C)c2c3c(c4c(c21)Cc1ccccc1-4)C(=O)NC3. The van der Waals surface area contributed by atoms with Gasteiger partial charge in [0.1, 0.15) is 0 Å². The minimum absolute atomic E-state index is 0.0366. The van der Waals surface area contributed by atoms with Crippen LogP contribution >= 0.6 is 0 Å². The van der Waals surface area contributed by atoms with Gasteiger partial charge in [-0.2, -0.15) is 0 Å². The molecule has 1 amide bonds. The van der Waals surface area contributed by atoms with E-state index in [0.717, 1.165) is 36.1 Å². The van der Waals surface area contributed by atoms with Crippen LogP contribution in [-0.2, 0) is 29.0 Å². The predicted octanol–water partition coefficient (Wildman–Crippen LogP) is 4.03. The van der Waals surface area contributed by atoms with Crippen molar-refractivity contribution in [3.8, 4) is 11.1 Å². The van der Waals surface area contributed by atoms with E-state index >= 15 is 0 Å². The van der Waals surface area contributed by atoms with Crippen LogP contribution in [0.15, 0.2) is 24.3 Å². The van der Waals surface area contributed by atoms with E-state index in [-0.39, 0.29) is 11.9 Å². The highest BCUT2D eigenvalue weighted by atomic mass is 16.5. The lowest BCUT2D eigenvalue weighted by Gasteiger charge is -2.14. The van der Waals surface area contributed by atoms with Crippen molar-refractivity contribution in [2.75, 3.05) is 6.61 Å². The van der Waals surface area contributed by atoms with Gasteiger partial charge >= 0.3 is 5.97 Å². The number of amides is 1.